The maximum absolute atomic E-state index is 11.9. The Kier molecular flexibility index (Phi) is 6.46. The molecule has 0 unspecified atom stereocenters. The van der Waals surface area contributed by atoms with Gasteiger partial charge in [-0.2, -0.15) is 0 Å². The number of benzene rings is 1. The number of anilines is 1. The van der Waals surface area contributed by atoms with Gasteiger partial charge in [0.15, 0.2) is 10.3 Å². The lowest BCUT2D eigenvalue weighted by molar-refractivity contribution is -0.115. The number of nitrogens with one attached hydrogen (secondary N) is 2. The Morgan fingerprint density at radius 3 is 2.58 bits per heavy atom. The molecule has 1 aromatic carbocycles. The summed E-state index contributed by atoms with van der Waals surface area (Å²) in [5, 5.41) is 5.84. The first-order valence-electron chi connectivity index (χ1n) is 7.46. The van der Waals surface area contributed by atoms with E-state index in [1.807, 2.05) is 12.1 Å². The summed E-state index contributed by atoms with van der Waals surface area (Å²) in [6.07, 6.45) is 4.74. The van der Waals surface area contributed by atoms with Crippen LogP contribution in [0.4, 0.5) is 5.69 Å². The number of carbonyl (C=O) groups excluding carboxylic acids is 1. The number of rotatable bonds is 4. The lowest BCUT2D eigenvalue weighted by atomic mass is 10.0. The minimum Gasteiger partial charge on any atom is -0.330 e. The highest BCUT2D eigenvalue weighted by atomic mass is 35.5. The van der Waals surface area contributed by atoms with Crippen molar-refractivity contribution in [1.29, 1.82) is 0 Å². The Hall–Kier alpha value is -2.24. The topological polar surface area (TPSA) is 54.0 Å². The van der Waals surface area contributed by atoms with Gasteiger partial charge in [0.05, 0.1) is 5.69 Å². The van der Waals surface area contributed by atoms with Crippen LogP contribution in [0.15, 0.2) is 48.7 Å². The lowest BCUT2D eigenvalue weighted by Crippen LogP contribution is -2.32. The van der Waals surface area contributed by atoms with E-state index >= 15 is 0 Å². The summed E-state index contributed by atoms with van der Waals surface area (Å²) in [6, 6.07) is 11.5. The average Bonchev–Trinajstić information content (AvgIpc) is 2.55. The van der Waals surface area contributed by atoms with Gasteiger partial charge in [-0.1, -0.05) is 49.7 Å². The van der Waals surface area contributed by atoms with Crippen LogP contribution in [0.5, 0.6) is 0 Å². The zero-order valence-electron chi connectivity index (χ0n) is 13.4. The second kappa shape index (κ2) is 8.57. The number of aromatic nitrogens is 1. The first kappa shape index (κ1) is 18.1. The Morgan fingerprint density at radius 2 is 1.96 bits per heavy atom. The number of thiocarbonyl (C=S) groups is 1. The predicted molar refractivity (Wildman–Crippen MR) is 103 cm³/mol. The van der Waals surface area contributed by atoms with Gasteiger partial charge in [0.25, 0.3) is 0 Å². The van der Waals surface area contributed by atoms with E-state index in [-0.39, 0.29) is 16.2 Å². The van der Waals surface area contributed by atoms with Crippen molar-refractivity contribution in [2.45, 2.75) is 19.8 Å². The van der Waals surface area contributed by atoms with E-state index in [1.165, 1.54) is 11.6 Å². The first-order valence-corrected chi connectivity index (χ1v) is 8.25. The van der Waals surface area contributed by atoms with E-state index in [4.69, 9.17) is 23.8 Å². The molecule has 1 amide bonds. The van der Waals surface area contributed by atoms with Gasteiger partial charge >= 0.3 is 0 Å². The number of amides is 1. The largest absolute Gasteiger partial charge is 0.330 e. The van der Waals surface area contributed by atoms with Gasteiger partial charge in [0.1, 0.15) is 0 Å². The Balaban J connectivity index is 1.90. The van der Waals surface area contributed by atoms with Crippen LogP contribution in [-0.2, 0) is 4.79 Å². The second-order valence-corrected chi connectivity index (χ2v) is 6.21. The first-order chi connectivity index (χ1) is 11.5. The highest BCUT2D eigenvalue weighted by Gasteiger charge is 2.05. The summed E-state index contributed by atoms with van der Waals surface area (Å²) in [5.74, 6) is 0.162. The molecule has 4 nitrogen and oxygen atoms in total. The van der Waals surface area contributed by atoms with E-state index in [2.05, 4.69) is 41.6 Å². The molecule has 0 spiro atoms. The molecule has 0 saturated heterocycles. The molecule has 124 valence electrons. The fourth-order valence-electron chi connectivity index (χ4n) is 1.95. The molecular formula is C18H18ClN3OS. The molecule has 0 aliphatic carbocycles. The van der Waals surface area contributed by atoms with Gasteiger partial charge in [0.2, 0.25) is 5.91 Å². The summed E-state index contributed by atoms with van der Waals surface area (Å²) in [7, 11) is 0. The van der Waals surface area contributed by atoms with Crippen LogP contribution in [0.25, 0.3) is 6.08 Å². The second-order valence-electron chi connectivity index (χ2n) is 5.44. The standard InChI is InChI=1S/C18H18ClN3OS/c1-12(2)14-8-5-13(6-9-14)7-10-16(23)22-18(24)21-15-4-3-11-20-17(15)19/h3-12H,1-2H3,(H2,21,22,23,24)/b10-7+. The van der Waals surface area contributed by atoms with Crippen molar-refractivity contribution >= 4 is 46.6 Å². The quantitative estimate of drug-likeness (QED) is 0.483. The van der Waals surface area contributed by atoms with Gasteiger partial charge in [0, 0.05) is 12.3 Å². The molecule has 0 fully saturated rings. The molecule has 2 N–H and O–H groups in total. The number of pyridine rings is 1. The summed E-state index contributed by atoms with van der Waals surface area (Å²) in [6.45, 7) is 4.28. The summed E-state index contributed by atoms with van der Waals surface area (Å²) in [4.78, 5) is 15.8. The Morgan fingerprint density at radius 1 is 1.25 bits per heavy atom. The van der Waals surface area contributed by atoms with Crippen molar-refractivity contribution in [1.82, 2.24) is 10.3 Å². The molecule has 6 heteroatoms. The van der Waals surface area contributed by atoms with E-state index < -0.39 is 0 Å². The third kappa shape index (κ3) is 5.44. The third-order valence-corrected chi connectivity index (χ3v) is 3.78. The number of hydrogen-bond acceptors (Lipinski definition) is 3. The number of hydrogen-bond donors (Lipinski definition) is 2. The molecule has 0 atom stereocenters. The highest BCUT2D eigenvalue weighted by molar-refractivity contribution is 7.80. The molecule has 24 heavy (non-hydrogen) atoms. The highest BCUT2D eigenvalue weighted by Crippen LogP contribution is 2.17. The molecule has 0 aliphatic heterocycles. The van der Waals surface area contributed by atoms with E-state index in [0.717, 1.165) is 5.56 Å². The number of halogens is 1. The minimum atomic E-state index is -0.319. The van der Waals surface area contributed by atoms with E-state index in [9.17, 15) is 4.79 Å². The SMILES string of the molecule is CC(C)c1ccc(/C=C/C(=O)NC(=S)Nc2cccnc2Cl)cc1. The van der Waals surface area contributed by atoms with Gasteiger partial charge in [-0.3, -0.25) is 10.1 Å². The van der Waals surface area contributed by atoms with Crippen LogP contribution in [0.3, 0.4) is 0 Å². The van der Waals surface area contributed by atoms with Crippen LogP contribution in [-0.4, -0.2) is 16.0 Å². The molecule has 0 radical (unpaired) electrons. The van der Waals surface area contributed by atoms with Crippen molar-refractivity contribution in [2.24, 2.45) is 0 Å². The normalized spacial score (nSPS) is 10.8. The predicted octanol–water partition coefficient (Wildman–Crippen LogP) is 4.38. The summed E-state index contributed by atoms with van der Waals surface area (Å²) in [5.41, 5.74) is 2.75. The van der Waals surface area contributed by atoms with Gasteiger partial charge in [-0.15, -0.1) is 0 Å². The van der Waals surface area contributed by atoms with Gasteiger partial charge < -0.3 is 5.32 Å². The van der Waals surface area contributed by atoms with Crippen LogP contribution < -0.4 is 10.6 Å². The van der Waals surface area contributed by atoms with Crippen LogP contribution >= 0.6 is 23.8 Å². The monoisotopic (exact) mass is 359 g/mol. The van der Waals surface area contributed by atoms with E-state index in [1.54, 1.807) is 24.4 Å². The van der Waals surface area contributed by atoms with Crippen molar-refractivity contribution in [2.75, 3.05) is 5.32 Å². The van der Waals surface area contributed by atoms with Crippen LogP contribution in [0.1, 0.15) is 30.9 Å². The third-order valence-electron chi connectivity index (χ3n) is 3.27. The minimum absolute atomic E-state index is 0.162. The zero-order chi connectivity index (χ0) is 17.5. The fraction of sp³-hybridized carbons (Fsp3) is 0.167. The molecule has 0 aliphatic rings. The Bertz CT molecular complexity index is 757. The van der Waals surface area contributed by atoms with Crippen molar-refractivity contribution < 1.29 is 4.79 Å². The molecule has 2 rings (SSSR count). The van der Waals surface area contributed by atoms with E-state index in [0.29, 0.717) is 11.6 Å². The molecular weight excluding hydrogens is 342 g/mol. The maximum Gasteiger partial charge on any atom is 0.250 e. The number of nitrogens with zero attached hydrogens (tertiary/aromatic N) is 1. The van der Waals surface area contributed by atoms with Crippen molar-refractivity contribution in [3.8, 4) is 0 Å². The molecule has 2 aromatic rings. The molecule has 0 bridgehead atoms. The number of carbonyl (C=O) groups is 1. The Labute approximate surface area is 151 Å². The average molecular weight is 360 g/mol. The van der Waals surface area contributed by atoms with Gasteiger partial charge in [-0.25, -0.2) is 4.98 Å². The zero-order valence-corrected chi connectivity index (χ0v) is 15.0. The van der Waals surface area contributed by atoms with Crippen LogP contribution in [0, 0.1) is 0 Å². The smallest absolute Gasteiger partial charge is 0.250 e. The fourth-order valence-corrected chi connectivity index (χ4v) is 2.33. The molecule has 0 saturated carbocycles. The summed E-state index contributed by atoms with van der Waals surface area (Å²) >= 11 is 11.0. The molecule has 1 aromatic heterocycles. The van der Waals surface area contributed by atoms with Crippen molar-refractivity contribution in [3.63, 3.8) is 0 Å². The van der Waals surface area contributed by atoms with Gasteiger partial charge in [-0.05, 0) is 47.5 Å². The molecule has 1 heterocycles. The lowest BCUT2D eigenvalue weighted by Gasteiger charge is -2.08. The summed E-state index contributed by atoms with van der Waals surface area (Å²) < 4.78 is 0. The van der Waals surface area contributed by atoms with Crippen molar-refractivity contribution in [3.05, 3.63) is 65.0 Å². The maximum atomic E-state index is 11.9. The van der Waals surface area contributed by atoms with Crippen LogP contribution in [0.2, 0.25) is 5.15 Å².